The summed E-state index contributed by atoms with van der Waals surface area (Å²) in [4.78, 5) is 25.9. The smallest absolute Gasteiger partial charge is 0.328 e. The molecule has 7 heteroatoms. The minimum Gasteiger partial charge on any atom is -0.464 e. The second-order valence-corrected chi connectivity index (χ2v) is 8.71. The summed E-state index contributed by atoms with van der Waals surface area (Å²) in [5.41, 5.74) is 6.20. The van der Waals surface area contributed by atoms with Crippen LogP contribution in [-0.4, -0.2) is 43.6 Å². The Hall–Kier alpha value is -4.00. The number of carbonyl (C=O) groups excluding carboxylic acids is 2. The molecule has 0 unspecified atom stereocenters. The molecule has 4 rings (SSSR count). The van der Waals surface area contributed by atoms with Gasteiger partial charge >= 0.3 is 5.97 Å². The molecule has 1 N–H and O–H groups in total. The first-order chi connectivity index (χ1) is 17.0. The van der Waals surface area contributed by atoms with Crippen molar-refractivity contribution in [3.05, 3.63) is 89.5 Å². The number of nitrogens with zero attached hydrogens (tertiary/aromatic N) is 3. The maximum absolute atomic E-state index is 13.2. The maximum atomic E-state index is 13.2. The van der Waals surface area contributed by atoms with E-state index < -0.39 is 12.0 Å². The molecule has 3 aromatic rings. The molecule has 0 bridgehead atoms. The first-order valence-electron chi connectivity index (χ1n) is 11.8. The summed E-state index contributed by atoms with van der Waals surface area (Å²) in [6.45, 7) is 2.01. The number of benzene rings is 3. The number of amides is 1. The number of hydrogen-bond donors (Lipinski definition) is 1. The van der Waals surface area contributed by atoms with Crippen molar-refractivity contribution in [2.75, 3.05) is 20.7 Å². The molecule has 0 spiro atoms. The number of fused-ring (bicyclic) bond motifs is 3. The molecule has 35 heavy (non-hydrogen) atoms. The van der Waals surface area contributed by atoms with Crippen molar-refractivity contribution in [3.63, 3.8) is 0 Å². The average Bonchev–Trinajstić information content (AvgIpc) is 3.17. The van der Waals surface area contributed by atoms with E-state index in [9.17, 15) is 9.59 Å². The number of nitrogens with one attached hydrogen (secondary N) is 1. The third-order valence-electron chi connectivity index (χ3n) is 5.97. The Morgan fingerprint density at radius 3 is 2.11 bits per heavy atom. The van der Waals surface area contributed by atoms with Crippen LogP contribution in [0.15, 0.2) is 83.1 Å². The van der Waals surface area contributed by atoms with Crippen LogP contribution in [0, 0.1) is 0 Å². The highest BCUT2D eigenvalue weighted by Crippen LogP contribution is 2.45. The summed E-state index contributed by atoms with van der Waals surface area (Å²) < 4.78 is 5.26. The lowest BCUT2D eigenvalue weighted by molar-refractivity contribution is -0.147. The number of esters is 1. The average molecular weight is 471 g/mol. The van der Waals surface area contributed by atoms with Crippen LogP contribution in [0.4, 0.5) is 5.69 Å². The SMILES string of the molecule is CCOC(=O)[C@H](Cc1ccc(N=NN(C)C)cc1)NC(=O)CC1c2ccccc2-c2ccccc21. The van der Waals surface area contributed by atoms with Crippen molar-refractivity contribution >= 4 is 17.6 Å². The van der Waals surface area contributed by atoms with Crippen LogP contribution < -0.4 is 5.32 Å². The monoisotopic (exact) mass is 470 g/mol. The van der Waals surface area contributed by atoms with Crippen molar-refractivity contribution in [1.29, 1.82) is 0 Å². The van der Waals surface area contributed by atoms with E-state index in [1.54, 1.807) is 26.0 Å². The number of hydrogen-bond acceptors (Lipinski definition) is 5. The summed E-state index contributed by atoms with van der Waals surface area (Å²) in [6, 6.07) is 23.0. The molecule has 1 amide bonds. The molecule has 0 aromatic heterocycles. The molecule has 0 aliphatic heterocycles. The normalized spacial score (nSPS) is 13.2. The van der Waals surface area contributed by atoms with Gasteiger partial charge in [0.1, 0.15) is 6.04 Å². The first kappa shape index (κ1) is 24.1. The molecule has 0 heterocycles. The molecule has 0 fully saturated rings. The second-order valence-electron chi connectivity index (χ2n) is 8.71. The highest BCUT2D eigenvalue weighted by atomic mass is 16.5. The van der Waals surface area contributed by atoms with E-state index in [4.69, 9.17) is 4.74 Å². The third kappa shape index (κ3) is 5.74. The lowest BCUT2D eigenvalue weighted by atomic mass is 9.93. The van der Waals surface area contributed by atoms with Crippen LogP contribution in [0.5, 0.6) is 0 Å². The molecule has 1 aliphatic carbocycles. The van der Waals surface area contributed by atoms with E-state index in [1.807, 2.05) is 48.5 Å². The Morgan fingerprint density at radius 2 is 1.54 bits per heavy atom. The highest BCUT2D eigenvalue weighted by Gasteiger charge is 2.31. The Balaban J connectivity index is 1.48. The Labute approximate surface area is 205 Å². The van der Waals surface area contributed by atoms with Gasteiger partial charge in [-0.3, -0.25) is 9.80 Å². The van der Waals surface area contributed by atoms with Crippen molar-refractivity contribution < 1.29 is 14.3 Å². The van der Waals surface area contributed by atoms with E-state index in [0.717, 1.165) is 27.8 Å². The van der Waals surface area contributed by atoms with Gasteiger partial charge in [-0.05, 0) is 46.9 Å². The fourth-order valence-corrected chi connectivity index (χ4v) is 4.43. The van der Waals surface area contributed by atoms with Crippen LogP contribution in [0.2, 0.25) is 0 Å². The Kier molecular flexibility index (Phi) is 7.55. The fraction of sp³-hybridized carbons (Fsp3) is 0.286. The molecule has 1 atom stereocenters. The molecule has 3 aromatic carbocycles. The van der Waals surface area contributed by atoms with Gasteiger partial charge in [0.15, 0.2) is 0 Å². The van der Waals surface area contributed by atoms with Crippen LogP contribution >= 0.6 is 0 Å². The lowest BCUT2D eigenvalue weighted by Crippen LogP contribution is -2.43. The number of ether oxygens (including phenoxy) is 1. The van der Waals surface area contributed by atoms with Crippen LogP contribution in [0.25, 0.3) is 11.1 Å². The second kappa shape index (κ2) is 11.0. The summed E-state index contributed by atoms with van der Waals surface area (Å²) in [5.74, 6) is -0.674. The molecule has 1 aliphatic rings. The van der Waals surface area contributed by atoms with Crippen LogP contribution in [0.1, 0.15) is 36.0 Å². The van der Waals surface area contributed by atoms with Gasteiger partial charge in [-0.2, -0.15) is 0 Å². The molecule has 0 radical (unpaired) electrons. The first-order valence-corrected chi connectivity index (χ1v) is 11.8. The molecule has 7 nitrogen and oxygen atoms in total. The van der Waals surface area contributed by atoms with E-state index in [2.05, 4.69) is 39.9 Å². The van der Waals surface area contributed by atoms with Crippen LogP contribution in [0.3, 0.4) is 0 Å². The minimum absolute atomic E-state index is 0.0495. The Morgan fingerprint density at radius 1 is 0.943 bits per heavy atom. The Bertz CT molecular complexity index is 1180. The maximum Gasteiger partial charge on any atom is 0.328 e. The minimum atomic E-state index is -0.774. The van der Waals surface area contributed by atoms with E-state index >= 15 is 0 Å². The van der Waals surface area contributed by atoms with Crippen molar-refractivity contribution in [3.8, 4) is 11.1 Å². The predicted molar refractivity (Wildman–Crippen MR) is 135 cm³/mol. The van der Waals surface area contributed by atoms with Gasteiger partial charge in [-0.15, -0.1) is 5.11 Å². The van der Waals surface area contributed by atoms with Gasteiger partial charge in [0.2, 0.25) is 5.91 Å². The lowest BCUT2D eigenvalue weighted by Gasteiger charge is -2.19. The topological polar surface area (TPSA) is 83.4 Å². The third-order valence-corrected chi connectivity index (χ3v) is 5.97. The zero-order valence-electron chi connectivity index (χ0n) is 20.3. The van der Waals surface area contributed by atoms with Gasteiger partial charge in [0.25, 0.3) is 0 Å². The van der Waals surface area contributed by atoms with E-state index in [-0.39, 0.29) is 24.9 Å². The summed E-state index contributed by atoms with van der Waals surface area (Å²) in [7, 11) is 3.60. The molecule has 0 saturated carbocycles. The van der Waals surface area contributed by atoms with Gasteiger partial charge in [0.05, 0.1) is 12.3 Å². The highest BCUT2D eigenvalue weighted by molar-refractivity contribution is 5.87. The fourth-order valence-electron chi connectivity index (χ4n) is 4.43. The van der Waals surface area contributed by atoms with Crippen LogP contribution in [-0.2, 0) is 20.7 Å². The largest absolute Gasteiger partial charge is 0.464 e. The zero-order chi connectivity index (χ0) is 24.8. The van der Waals surface area contributed by atoms with E-state index in [0.29, 0.717) is 12.1 Å². The van der Waals surface area contributed by atoms with Crippen molar-refractivity contribution in [2.24, 2.45) is 10.3 Å². The van der Waals surface area contributed by atoms with Gasteiger partial charge < -0.3 is 10.1 Å². The van der Waals surface area contributed by atoms with Gasteiger partial charge in [-0.25, -0.2) is 4.79 Å². The van der Waals surface area contributed by atoms with Crippen molar-refractivity contribution in [1.82, 2.24) is 10.3 Å². The standard InChI is InChI=1S/C28H30N4O3/c1-4-35-28(34)26(17-19-13-15-20(16-14-19)30-31-32(2)3)29-27(33)18-25-23-11-7-5-9-21(23)22-10-6-8-12-24(22)25/h5-16,25-26H,4,17-18H2,1-3H3,(H,29,33)/t26-/m0/s1. The predicted octanol–water partition coefficient (Wildman–Crippen LogP) is 5.04. The number of carbonyl (C=O) groups is 2. The summed E-state index contributed by atoms with van der Waals surface area (Å²) in [6.07, 6.45) is 0.585. The zero-order valence-corrected chi connectivity index (χ0v) is 20.3. The molecular formula is C28H30N4O3. The summed E-state index contributed by atoms with van der Waals surface area (Å²) in [5, 5.41) is 12.7. The number of rotatable bonds is 9. The quantitative estimate of drug-likeness (QED) is 0.270. The summed E-state index contributed by atoms with van der Waals surface area (Å²) >= 11 is 0. The van der Waals surface area contributed by atoms with Crippen molar-refractivity contribution in [2.45, 2.75) is 31.7 Å². The molecule has 180 valence electrons. The van der Waals surface area contributed by atoms with E-state index in [1.165, 1.54) is 0 Å². The molecular weight excluding hydrogens is 440 g/mol. The van der Waals surface area contributed by atoms with Gasteiger partial charge in [-0.1, -0.05) is 65.9 Å². The molecule has 0 saturated heterocycles. The van der Waals surface area contributed by atoms with Gasteiger partial charge in [0, 0.05) is 32.9 Å².